The summed E-state index contributed by atoms with van der Waals surface area (Å²) in [5.41, 5.74) is 0.376. The van der Waals surface area contributed by atoms with Gasteiger partial charge in [-0.2, -0.15) is 16.9 Å². The van der Waals surface area contributed by atoms with E-state index >= 15 is 0 Å². The van der Waals surface area contributed by atoms with E-state index in [1.165, 1.54) is 4.68 Å². The van der Waals surface area contributed by atoms with Gasteiger partial charge in [0.15, 0.2) is 0 Å². The molecule has 0 radical (unpaired) electrons. The molecule has 1 aromatic rings. The molecule has 1 unspecified atom stereocenters. The normalized spacial score (nSPS) is 12.8. The fraction of sp³-hybridized carbons (Fsp3) is 0.667. The Labute approximate surface area is 117 Å². The molecule has 1 aromatic heterocycles. The number of hydrogen-bond acceptors (Lipinski definition) is 4. The third-order valence-electron chi connectivity index (χ3n) is 2.70. The van der Waals surface area contributed by atoms with E-state index in [0.29, 0.717) is 10.9 Å². The summed E-state index contributed by atoms with van der Waals surface area (Å²) < 4.78 is 1.39. The van der Waals surface area contributed by atoms with E-state index in [1.54, 1.807) is 6.20 Å². The van der Waals surface area contributed by atoms with Gasteiger partial charge in [0.05, 0.1) is 17.9 Å². The molecule has 1 heterocycles. The van der Waals surface area contributed by atoms with E-state index in [0.717, 1.165) is 13.0 Å². The first-order valence-electron chi connectivity index (χ1n) is 6.01. The highest BCUT2D eigenvalue weighted by molar-refractivity contribution is 7.99. The zero-order chi connectivity index (χ0) is 13.7. The zero-order valence-corrected chi connectivity index (χ0v) is 12.8. The molecule has 4 nitrogen and oxygen atoms in total. The van der Waals surface area contributed by atoms with Crippen LogP contribution in [-0.4, -0.2) is 27.8 Å². The van der Waals surface area contributed by atoms with Crippen molar-refractivity contribution in [2.75, 3.05) is 18.1 Å². The van der Waals surface area contributed by atoms with Gasteiger partial charge >= 0.3 is 0 Å². The lowest BCUT2D eigenvalue weighted by molar-refractivity contribution is 0.503. The molecule has 0 amide bonds. The summed E-state index contributed by atoms with van der Waals surface area (Å²) in [6, 6.07) is 0.0144. The Kier molecular flexibility index (Phi) is 6.02. The van der Waals surface area contributed by atoms with Crippen molar-refractivity contribution in [3.63, 3.8) is 0 Å². The third kappa shape index (κ3) is 3.92. The fourth-order valence-corrected chi connectivity index (χ4v) is 2.02. The minimum atomic E-state index is -0.241. The number of nitrogens with zero attached hydrogens (tertiary/aromatic N) is 2. The van der Waals surface area contributed by atoms with Gasteiger partial charge < -0.3 is 5.32 Å². The summed E-state index contributed by atoms with van der Waals surface area (Å²) in [5, 5.41) is 8.07. The molecule has 0 saturated heterocycles. The van der Waals surface area contributed by atoms with Crippen LogP contribution in [0, 0.1) is 0 Å². The molecule has 0 saturated carbocycles. The van der Waals surface area contributed by atoms with E-state index in [-0.39, 0.29) is 16.6 Å². The van der Waals surface area contributed by atoms with E-state index < -0.39 is 0 Å². The number of nitrogens with one attached hydrogen (secondary N) is 1. The SMILES string of the molecule is CSC(C)CCNc1cnn(C(C)C)c(=O)c1Cl. The molecule has 0 bridgehead atoms. The smallest absolute Gasteiger partial charge is 0.287 e. The molecule has 6 heteroatoms. The van der Waals surface area contributed by atoms with Gasteiger partial charge in [0, 0.05) is 11.8 Å². The second kappa shape index (κ2) is 7.04. The zero-order valence-electron chi connectivity index (χ0n) is 11.2. The maximum Gasteiger partial charge on any atom is 0.287 e. The number of aromatic nitrogens is 2. The molecule has 0 aliphatic carbocycles. The van der Waals surface area contributed by atoms with Gasteiger partial charge in [-0.05, 0) is 26.5 Å². The van der Waals surface area contributed by atoms with Gasteiger partial charge in [-0.15, -0.1) is 0 Å². The van der Waals surface area contributed by atoms with Crippen molar-refractivity contribution >= 4 is 29.1 Å². The topological polar surface area (TPSA) is 46.9 Å². The quantitative estimate of drug-likeness (QED) is 0.874. The van der Waals surface area contributed by atoms with Crippen molar-refractivity contribution in [1.29, 1.82) is 0 Å². The minimum Gasteiger partial charge on any atom is -0.382 e. The minimum absolute atomic E-state index is 0.0144. The lowest BCUT2D eigenvalue weighted by Crippen LogP contribution is -2.26. The molecule has 0 aliphatic heterocycles. The van der Waals surface area contributed by atoms with Gasteiger partial charge in [-0.1, -0.05) is 18.5 Å². The Hall–Kier alpha value is -0.680. The van der Waals surface area contributed by atoms with Crippen molar-refractivity contribution in [2.45, 2.75) is 38.5 Å². The predicted molar refractivity (Wildman–Crippen MR) is 80.0 cm³/mol. The van der Waals surface area contributed by atoms with E-state index in [9.17, 15) is 4.79 Å². The summed E-state index contributed by atoms with van der Waals surface area (Å²) in [4.78, 5) is 11.9. The van der Waals surface area contributed by atoms with Crippen LogP contribution in [0.3, 0.4) is 0 Å². The molecule has 1 atom stereocenters. The first-order chi connectivity index (χ1) is 8.47. The first kappa shape index (κ1) is 15.4. The lowest BCUT2D eigenvalue weighted by Gasteiger charge is -2.13. The Balaban J connectivity index is 2.74. The van der Waals surface area contributed by atoms with Crippen molar-refractivity contribution < 1.29 is 0 Å². The summed E-state index contributed by atoms with van der Waals surface area (Å²) in [6.07, 6.45) is 4.72. The van der Waals surface area contributed by atoms with Gasteiger partial charge in [0.25, 0.3) is 5.56 Å². The molecule has 0 aromatic carbocycles. The highest BCUT2D eigenvalue weighted by Gasteiger charge is 2.11. The summed E-state index contributed by atoms with van der Waals surface area (Å²) in [7, 11) is 0. The van der Waals surface area contributed by atoms with Crippen LogP contribution in [0.15, 0.2) is 11.0 Å². The Morgan fingerprint density at radius 1 is 1.50 bits per heavy atom. The van der Waals surface area contributed by atoms with Crippen LogP contribution in [0.25, 0.3) is 0 Å². The lowest BCUT2D eigenvalue weighted by atomic mass is 10.3. The summed E-state index contributed by atoms with van der Waals surface area (Å²) in [6.45, 7) is 6.76. The molecule has 18 heavy (non-hydrogen) atoms. The Morgan fingerprint density at radius 3 is 2.72 bits per heavy atom. The second-order valence-electron chi connectivity index (χ2n) is 4.48. The molecule has 0 fully saturated rings. The number of halogens is 1. The molecular weight excluding hydrogens is 270 g/mol. The molecular formula is C12H20ClN3OS. The number of hydrogen-bond donors (Lipinski definition) is 1. The van der Waals surface area contributed by atoms with E-state index in [1.807, 2.05) is 25.6 Å². The number of rotatable bonds is 6. The Morgan fingerprint density at radius 2 is 2.17 bits per heavy atom. The number of anilines is 1. The Bertz CT molecular complexity index is 447. The highest BCUT2D eigenvalue weighted by Crippen LogP contribution is 2.17. The molecule has 1 rings (SSSR count). The maximum atomic E-state index is 11.9. The summed E-state index contributed by atoms with van der Waals surface area (Å²) in [5.74, 6) is 0. The molecule has 0 aliphatic rings. The monoisotopic (exact) mass is 289 g/mol. The average molecular weight is 290 g/mol. The van der Waals surface area contributed by atoms with Crippen LogP contribution in [0.4, 0.5) is 5.69 Å². The maximum absolute atomic E-state index is 11.9. The van der Waals surface area contributed by atoms with Crippen LogP contribution < -0.4 is 10.9 Å². The van der Waals surface area contributed by atoms with Crippen molar-refractivity contribution in [2.24, 2.45) is 0 Å². The van der Waals surface area contributed by atoms with Crippen molar-refractivity contribution in [3.8, 4) is 0 Å². The fourth-order valence-electron chi connectivity index (χ4n) is 1.46. The molecule has 102 valence electrons. The molecule has 0 spiro atoms. The third-order valence-corrected chi connectivity index (χ3v) is 4.11. The average Bonchev–Trinajstić information content (AvgIpc) is 2.33. The van der Waals surface area contributed by atoms with Crippen LogP contribution >= 0.6 is 23.4 Å². The standard InChI is InChI=1S/C12H20ClN3OS/c1-8(2)16-12(17)11(13)10(7-15-16)14-6-5-9(3)18-4/h7-9,14H,5-6H2,1-4H3. The van der Waals surface area contributed by atoms with Crippen LogP contribution in [-0.2, 0) is 0 Å². The van der Waals surface area contributed by atoms with Gasteiger partial charge in [-0.3, -0.25) is 4.79 Å². The second-order valence-corrected chi connectivity index (χ2v) is 6.13. The molecule has 1 N–H and O–H groups in total. The number of thioether (sulfide) groups is 1. The van der Waals surface area contributed by atoms with Crippen LogP contribution in [0.5, 0.6) is 0 Å². The summed E-state index contributed by atoms with van der Waals surface area (Å²) >= 11 is 7.87. The predicted octanol–water partition coefficient (Wildman–Crippen LogP) is 3.03. The van der Waals surface area contributed by atoms with Crippen LogP contribution in [0.1, 0.15) is 33.2 Å². The van der Waals surface area contributed by atoms with E-state index in [4.69, 9.17) is 11.6 Å². The van der Waals surface area contributed by atoms with Crippen molar-refractivity contribution in [1.82, 2.24) is 9.78 Å². The highest BCUT2D eigenvalue weighted by atomic mass is 35.5. The van der Waals surface area contributed by atoms with Gasteiger partial charge in [0.2, 0.25) is 0 Å². The van der Waals surface area contributed by atoms with E-state index in [2.05, 4.69) is 23.6 Å². The first-order valence-corrected chi connectivity index (χ1v) is 7.68. The van der Waals surface area contributed by atoms with Crippen LogP contribution in [0.2, 0.25) is 5.02 Å². The van der Waals surface area contributed by atoms with Gasteiger partial charge in [0.1, 0.15) is 5.02 Å². The van der Waals surface area contributed by atoms with Gasteiger partial charge in [-0.25, -0.2) is 4.68 Å². The largest absolute Gasteiger partial charge is 0.382 e. The van der Waals surface area contributed by atoms with Crippen molar-refractivity contribution in [3.05, 3.63) is 21.6 Å².